The van der Waals surface area contributed by atoms with Gasteiger partial charge < -0.3 is 9.47 Å². The second kappa shape index (κ2) is 9.40. The van der Waals surface area contributed by atoms with Crippen LogP contribution in [0.3, 0.4) is 0 Å². The van der Waals surface area contributed by atoms with Gasteiger partial charge in [-0.15, -0.1) is 0 Å². The van der Waals surface area contributed by atoms with Gasteiger partial charge in [0.1, 0.15) is 12.4 Å². The lowest BCUT2D eigenvalue weighted by Crippen LogP contribution is -2.26. The molecule has 0 amide bonds. The average molecular weight is 417 g/mol. The van der Waals surface area contributed by atoms with Crippen LogP contribution in [-0.2, 0) is 27.4 Å². The van der Waals surface area contributed by atoms with Crippen LogP contribution in [0.25, 0.3) is 0 Å². The van der Waals surface area contributed by atoms with E-state index in [1.165, 1.54) is 24.3 Å². The van der Waals surface area contributed by atoms with Gasteiger partial charge in [0.15, 0.2) is 0 Å². The van der Waals surface area contributed by atoms with Gasteiger partial charge in [0.05, 0.1) is 17.1 Å². The fraction of sp³-hybridized carbons (Fsp3) is 0.368. The third kappa shape index (κ3) is 6.22. The monoisotopic (exact) mass is 417 g/mol. The predicted molar refractivity (Wildman–Crippen MR) is 98.9 cm³/mol. The molecular formula is C19H22F3NO4S. The van der Waals surface area contributed by atoms with Crippen LogP contribution in [-0.4, -0.2) is 35.3 Å². The standard InChI is InChI=1S/C19H22F3NO4S/c1-14-13-17(7-8-18(14)27-12-11-26-2)28(24,25)23-10-9-15-3-5-16(6-4-15)19(20,21)22/h3-8,13,23H,9-12H2,1-2H3. The molecule has 0 fully saturated rings. The third-order valence-corrected chi connectivity index (χ3v) is 5.45. The van der Waals surface area contributed by atoms with Crippen LogP contribution in [0.4, 0.5) is 13.2 Å². The maximum Gasteiger partial charge on any atom is 0.416 e. The number of aryl methyl sites for hydroxylation is 1. The number of nitrogens with one attached hydrogen (secondary N) is 1. The van der Waals surface area contributed by atoms with Crippen molar-refractivity contribution in [1.82, 2.24) is 4.72 Å². The van der Waals surface area contributed by atoms with Crippen molar-refractivity contribution in [3.8, 4) is 5.75 Å². The molecular weight excluding hydrogens is 395 g/mol. The molecule has 154 valence electrons. The minimum atomic E-state index is -4.39. The van der Waals surface area contributed by atoms with Crippen LogP contribution in [0.1, 0.15) is 16.7 Å². The van der Waals surface area contributed by atoms with Gasteiger partial charge >= 0.3 is 6.18 Å². The van der Waals surface area contributed by atoms with Gasteiger partial charge in [0, 0.05) is 13.7 Å². The molecule has 0 radical (unpaired) electrons. The van der Waals surface area contributed by atoms with E-state index in [0.29, 0.717) is 30.1 Å². The molecule has 9 heteroatoms. The summed E-state index contributed by atoms with van der Waals surface area (Å²) in [7, 11) is -2.18. The van der Waals surface area contributed by atoms with E-state index < -0.39 is 21.8 Å². The summed E-state index contributed by atoms with van der Waals surface area (Å²) in [6.07, 6.45) is -4.12. The summed E-state index contributed by atoms with van der Waals surface area (Å²) in [5, 5.41) is 0. The highest BCUT2D eigenvalue weighted by atomic mass is 32.2. The Morgan fingerprint density at radius 1 is 1.04 bits per heavy atom. The zero-order valence-corrected chi connectivity index (χ0v) is 16.4. The van der Waals surface area contributed by atoms with E-state index in [2.05, 4.69) is 4.72 Å². The zero-order chi connectivity index (χ0) is 20.8. The molecule has 5 nitrogen and oxygen atoms in total. The third-order valence-electron chi connectivity index (χ3n) is 3.99. The van der Waals surface area contributed by atoms with Gasteiger partial charge in [-0.3, -0.25) is 0 Å². The van der Waals surface area contributed by atoms with Crippen LogP contribution in [0.15, 0.2) is 47.4 Å². The number of methoxy groups -OCH3 is 1. The zero-order valence-electron chi connectivity index (χ0n) is 15.5. The molecule has 0 aromatic heterocycles. The Kier molecular flexibility index (Phi) is 7.45. The first-order chi connectivity index (χ1) is 13.1. The Morgan fingerprint density at radius 3 is 2.29 bits per heavy atom. The summed E-state index contributed by atoms with van der Waals surface area (Å²) in [5.41, 5.74) is 0.538. The normalized spacial score (nSPS) is 12.2. The molecule has 1 N–H and O–H groups in total. The minimum absolute atomic E-state index is 0.0683. The molecule has 28 heavy (non-hydrogen) atoms. The summed E-state index contributed by atoms with van der Waals surface area (Å²) in [5.74, 6) is 0.570. The maximum absolute atomic E-state index is 12.6. The van der Waals surface area contributed by atoms with Crippen molar-refractivity contribution in [1.29, 1.82) is 0 Å². The lowest BCUT2D eigenvalue weighted by atomic mass is 10.1. The molecule has 2 rings (SSSR count). The molecule has 0 saturated carbocycles. The summed E-state index contributed by atoms with van der Waals surface area (Å²) < 4.78 is 75.3. The SMILES string of the molecule is COCCOc1ccc(S(=O)(=O)NCCc2ccc(C(F)(F)F)cc2)cc1C. The molecule has 0 spiro atoms. The van der Waals surface area contributed by atoms with E-state index >= 15 is 0 Å². The van der Waals surface area contributed by atoms with E-state index in [-0.39, 0.29) is 17.9 Å². The second-order valence-corrected chi connectivity index (χ2v) is 7.88. The highest BCUT2D eigenvalue weighted by molar-refractivity contribution is 7.89. The number of hydrogen-bond donors (Lipinski definition) is 1. The summed E-state index contributed by atoms with van der Waals surface area (Å²) in [4.78, 5) is 0.0940. The Labute approximate surface area is 162 Å². The van der Waals surface area contributed by atoms with Crippen LogP contribution >= 0.6 is 0 Å². The first-order valence-electron chi connectivity index (χ1n) is 8.51. The van der Waals surface area contributed by atoms with Gasteiger partial charge in [0.25, 0.3) is 0 Å². The number of ether oxygens (including phenoxy) is 2. The number of benzene rings is 2. The number of halogens is 3. The van der Waals surface area contributed by atoms with Crippen molar-refractivity contribution in [3.05, 3.63) is 59.2 Å². The van der Waals surface area contributed by atoms with Gasteiger partial charge in [-0.05, 0) is 54.8 Å². The highest BCUT2D eigenvalue weighted by Crippen LogP contribution is 2.29. The summed E-state index contributed by atoms with van der Waals surface area (Å²) in [6, 6.07) is 9.17. The molecule has 2 aromatic carbocycles. The fourth-order valence-electron chi connectivity index (χ4n) is 2.46. The molecule has 0 unspecified atom stereocenters. The molecule has 0 aliphatic carbocycles. The van der Waals surface area contributed by atoms with Crippen molar-refractivity contribution < 1.29 is 31.1 Å². The molecule has 0 heterocycles. The second-order valence-electron chi connectivity index (χ2n) is 6.11. The number of hydrogen-bond acceptors (Lipinski definition) is 4. The Morgan fingerprint density at radius 2 is 1.71 bits per heavy atom. The largest absolute Gasteiger partial charge is 0.491 e. The smallest absolute Gasteiger partial charge is 0.416 e. The molecule has 2 aromatic rings. The number of rotatable bonds is 9. The van der Waals surface area contributed by atoms with Crippen molar-refractivity contribution in [3.63, 3.8) is 0 Å². The predicted octanol–water partition coefficient (Wildman–Crippen LogP) is 3.56. The topological polar surface area (TPSA) is 64.6 Å². The van der Waals surface area contributed by atoms with Crippen molar-refractivity contribution in [2.75, 3.05) is 26.9 Å². The lowest BCUT2D eigenvalue weighted by molar-refractivity contribution is -0.137. The van der Waals surface area contributed by atoms with E-state index in [9.17, 15) is 21.6 Å². The highest BCUT2D eigenvalue weighted by Gasteiger charge is 2.29. The van der Waals surface area contributed by atoms with E-state index in [1.807, 2.05) is 0 Å². The van der Waals surface area contributed by atoms with Gasteiger partial charge in [-0.2, -0.15) is 13.2 Å². The van der Waals surface area contributed by atoms with E-state index in [1.54, 1.807) is 20.1 Å². The number of alkyl halides is 3. The van der Waals surface area contributed by atoms with Gasteiger partial charge in [0.2, 0.25) is 10.0 Å². The van der Waals surface area contributed by atoms with Crippen LogP contribution in [0.5, 0.6) is 5.75 Å². The average Bonchev–Trinajstić information content (AvgIpc) is 2.62. The summed E-state index contributed by atoms with van der Waals surface area (Å²) in [6.45, 7) is 2.59. The Bertz CT molecular complexity index is 881. The van der Waals surface area contributed by atoms with Gasteiger partial charge in [-0.1, -0.05) is 12.1 Å². The Balaban J connectivity index is 1.95. The molecule has 0 saturated heterocycles. The van der Waals surface area contributed by atoms with Crippen molar-refractivity contribution in [2.45, 2.75) is 24.4 Å². The van der Waals surface area contributed by atoms with E-state index in [4.69, 9.17) is 9.47 Å². The van der Waals surface area contributed by atoms with Crippen LogP contribution < -0.4 is 9.46 Å². The van der Waals surface area contributed by atoms with Crippen molar-refractivity contribution in [2.24, 2.45) is 0 Å². The van der Waals surface area contributed by atoms with E-state index in [0.717, 1.165) is 12.1 Å². The molecule has 0 aliphatic rings. The quantitative estimate of drug-likeness (QED) is 0.634. The first-order valence-corrected chi connectivity index (χ1v) is 10.00. The first kappa shape index (κ1) is 22.2. The maximum atomic E-state index is 12.6. The number of sulfonamides is 1. The minimum Gasteiger partial charge on any atom is -0.491 e. The lowest BCUT2D eigenvalue weighted by Gasteiger charge is -2.12. The van der Waals surface area contributed by atoms with Crippen LogP contribution in [0, 0.1) is 6.92 Å². The van der Waals surface area contributed by atoms with Crippen molar-refractivity contribution >= 4 is 10.0 Å². The fourth-order valence-corrected chi connectivity index (χ4v) is 3.58. The molecule has 0 aliphatic heterocycles. The Hall–Kier alpha value is -2.10. The molecule has 0 atom stereocenters. The summed E-state index contributed by atoms with van der Waals surface area (Å²) >= 11 is 0. The van der Waals surface area contributed by atoms with Crippen LogP contribution in [0.2, 0.25) is 0 Å². The molecule has 0 bridgehead atoms. The van der Waals surface area contributed by atoms with Gasteiger partial charge in [-0.25, -0.2) is 13.1 Å².